The van der Waals surface area contributed by atoms with Crippen molar-refractivity contribution in [3.63, 3.8) is 0 Å². The topological polar surface area (TPSA) is 105 Å². The Morgan fingerprint density at radius 1 is 0.970 bits per heavy atom. The number of carbonyl (C=O) groups excluding carboxylic acids is 2. The minimum atomic E-state index is -0.859. The molecule has 2 aromatic rings. The SMILES string of the molecule is O=C(O)CCCNC(=O)CC1CCC(NC(=O)OCC2c3ccccc3-c3ccccc32)C1. The lowest BCUT2D eigenvalue weighted by Crippen LogP contribution is -2.34. The number of fused-ring (bicyclic) bond motifs is 3. The number of amides is 2. The minimum Gasteiger partial charge on any atom is -0.481 e. The van der Waals surface area contributed by atoms with Crippen molar-refractivity contribution in [1.82, 2.24) is 10.6 Å². The Balaban J connectivity index is 1.21. The van der Waals surface area contributed by atoms with Crippen molar-refractivity contribution in [2.75, 3.05) is 13.2 Å². The number of hydrogen-bond donors (Lipinski definition) is 3. The predicted molar refractivity (Wildman–Crippen MR) is 124 cm³/mol. The molecule has 3 N–H and O–H groups in total. The van der Waals surface area contributed by atoms with Crippen molar-refractivity contribution < 1.29 is 24.2 Å². The first-order valence-electron chi connectivity index (χ1n) is 11.6. The maximum atomic E-state index is 12.5. The average molecular weight is 451 g/mol. The Morgan fingerprint density at radius 3 is 2.30 bits per heavy atom. The molecule has 2 aliphatic rings. The molecule has 1 saturated carbocycles. The van der Waals surface area contributed by atoms with E-state index < -0.39 is 12.1 Å². The predicted octanol–water partition coefficient (Wildman–Crippen LogP) is 4.06. The highest BCUT2D eigenvalue weighted by atomic mass is 16.5. The number of nitrogens with one attached hydrogen (secondary N) is 2. The molecule has 0 radical (unpaired) electrons. The highest BCUT2D eigenvalue weighted by Gasteiger charge is 2.31. The molecule has 1 fully saturated rings. The van der Waals surface area contributed by atoms with E-state index in [1.165, 1.54) is 22.3 Å². The number of alkyl carbamates (subject to hydrolysis) is 1. The molecule has 7 heteroatoms. The molecule has 33 heavy (non-hydrogen) atoms. The molecular weight excluding hydrogens is 420 g/mol. The largest absolute Gasteiger partial charge is 0.481 e. The van der Waals surface area contributed by atoms with E-state index in [0.717, 1.165) is 19.3 Å². The Hall–Kier alpha value is -3.35. The number of hydrogen-bond acceptors (Lipinski definition) is 4. The summed E-state index contributed by atoms with van der Waals surface area (Å²) in [6.45, 7) is 0.661. The molecule has 2 aromatic carbocycles. The van der Waals surface area contributed by atoms with Gasteiger partial charge >= 0.3 is 12.1 Å². The van der Waals surface area contributed by atoms with Crippen LogP contribution in [0.4, 0.5) is 4.79 Å². The number of carboxylic acid groups (broad SMARTS) is 1. The molecule has 2 aliphatic carbocycles. The lowest BCUT2D eigenvalue weighted by molar-refractivity contribution is -0.137. The summed E-state index contributed by atoms with van der Waals surface area (Å²) in [5, 5.41) is 14.4. The fourth-order valence-electron chi connectivity index (χ4n) is 5.00. The van der Waals surface area contributed by atoms with Crippen molar-refractivity contribution in [2.24, 2.45) is 5.92 Å². The summed E-state index contributed by atoms with van der Waals surface area (Å²) in [6, 6.07) is 16.5. The van der Waals surface area contributed by atoms with E-state index in [4.69, 9.17) is 9.84 Å². The van der Waals surface area contributed by atoms with Gasteiger partial charge < -0.3 is 20.5 Å². The molecular formula is C26H30N2O5. The van der Waals surface area contributed by atoms with Gasteiger partial charge in [0.15, 0.2) is 0 Å². The zero-order chi connectivity index (χ0) is 23.2. The van der Waals surface area contributed by atoms with Crippen LogP contribution in [0, 0.1) is 5.92 Å². The van der Waals surface area contributed by atoms with Gasteiger partial charge in [-0.2, -0.15) is 0 Å². The second-order valence-electron chi connectivity index (χ2n) is 8.90. The summed E-state index contributed by atoms with van der Waals surface area (Å²) < 4.78 is 5.63. The first-order chi connectivity index (χ1) is 16.0. The Kier molecular flexibility index (Phi) is 7.27. The van der Waals surface area contributed by atoms with E-state index in [1.807, 2.05) is 24.3 Å². The summed E-state index contributed by atoms with van der Waals surface area (Å²) in [5.74, 6) is -0.679. The van der Waals surface area contributed by atoms with Crippen molar-refractivity contribution in [3.05, 3.63) is 59.7 Å². The maximum Gasteiger partial charge on any atom is 0.407 e. The standard InChI is InChI=1S/C26H30N2O5/c29-24(27-13-5-10-25(30)31)15-17-11-12-18(14-17)28-26(32)33-16-23-21-8-3-1-6-19(21)20-7-2-4-9-22(20)23/h1-4,6-9,17-18,23H,5,10-16H2,(H,27,29)(H,28,32)(H,30,31). The van der Waals surface area contributed by atoms with E-state index in [2.05, 4.69) is 34.9 Å². The molecule has 0 bridgehead atoms. The van der Waals surface area contributed by atoms with Crippen molar-refractivity contribution in [3.8, 4) is 11.1 Å². The normalized spacial score (nSPS) is 18.9. The van der Waals surface area contributed by atoms with Crippen molar-refractivity contribution in [2.45, 2.75) is 50.5 Å². The van der Waals surface area contributed by atoms with Crippen LogP contribution in [0.3, 0.4) is 0 Å². The number of benzene rings is 2. The van der Waals surface area contributed by atoms with Crippen LogP contribution in [0.2, 0.25) is 0 Å². The summed E-state index contributed by atoms with van der Waals surface area (Å²) in [4.78, 5) is 35.0. The Morgan fingerprint density at radius 2 is 1.64 bits per heavy atom. The Bertz CT molecular complexity index is 976. The maximum absolute atomic E-state index is 12.5. The van der Waals surface area contributed by atoms with Gasteiger partial charge in [0.1, 0.15) is 6.61 Å². The summed E-state index contributed by atoms with van der Waals surface area (Å²) >= 11 is 0. The smallest absolute Gasteiger partial charge is 0.407 e. The third-order valence-electron chi connectivity index (χ3n) is 6.57. The third kappa shape index (κ3) is 5.72. The zero-order valence-electron chi connectivity index (χ0n) is 18.6. The van der Waals surface area contributed by atoms with Gasteiger partial charge in [0.2, 0.25) is 5.91 Å². The number of carboxylic acids is 1. The number of aliphatic carboxylic acids is 1. The van der Waals surface area contributed by atoms with Gasteiger partial charge in [0.25, 0.3) is 0 Å². The van der Waals surface area contributed by atoms with Gasteiger partial charge in [-0.1, -0.05) is 48.5 Å². The molecule has 0 saturated heterocycles. The van der Waals surface area contributed by atoms with E-state index in [-0.39, 0.29) is 36.8 Å². The molecule has 2 atom stereocenters. The second kappa shape index (κ2) is 10.5. The first kappa shape index (κ1) is 22.8. The van der Waals surface area contributed by atoms with Crippen LogP contribution in [-0.2, 0) is 14.3 Å². The molecule has 174 valence electrons. The highest BCUT2D eigenvalue weighted by Crippen LogP contribution is 2.44. The molecule has 0 aliphatic heterocycles. The van der Waals surface area contributed by atoms with Crippen molar-refractivity contribution >= 4 is 18.0 Å². The van der Waals surface area contributed by atoms with Gasteiger partial charge in [0, 0.05) is 31.3 Å². The molecule has 0 aromatic heterocycles. The summed E-state index contributed by atoms with van der Waals surface area (Å²) in [6.07, 6.45) is 2.90. The number of carbonyl (C=O) groups is 3. The van der Waals surface area contributed by atoms with Crippen LogP contribution < -0.4 is 10.6 Å². The van der Waals surface area contributed by atoms with Gasteiger partial charge in [0.05, 0.1) is 0 Å². The quantitative estimate of drug-likeness (QED) is 0.500. The van der Waals surface area contributed by atoms with Crippen LogP contribution >= 0.6 is 0 Å². The van der Waals surface area contributed by atoms with Crippen molar-refractivity contribution in [1.29, 1.82) is 0 Å². The highest BCUT2D eigenvalue weighted by molar-refractivity contribution is 5.79. The van der Waals surface area contributed by atoms with E-state index in [9.17, 15) is 14.4 Å². The van der Waals surface area contributed by atoms with Gasteiger partial charge in [-0.25, -0.2) is 4.79 Å². The minimum absolute atomic E-state index is 0.00506. The van der Waals surface area contributed by atoms with Crippen LogP contribution in [0.5, 0.6) is 0 Å². The fraction of sp³-hybridized carbons (Fsp3) is 0.423. The molecule has 4 rings (SSSR count). The zero-order valence-corrected chi connectivity index (χ0v) is 18.6. The molecule has 2 amide bonds. The van der Waals surface area contributed by atoms with Crippen LogP contribution in [0.25, 0.3) is 11.1 Å². The third-order valence-corrected chi connectivity index (χ3v) is 6.57. The second-order valence-corrected chi connectivity index (χ2v) is 8.90. The van der Waals surface area contributed by atoms with Gasteiger partial charge in [-0.3, -0.25) is 9.59 Å². The first-order valence-corrected chi connectivity index (χ1v) is 11.6. The summed E-state index contributed by atoms with van der Waals surface area (Å²) in [7, 11) is 0. The van der Waals surface area contributed by atoms with Crippen LogP contribution in [0.15, 0.2) is 48.5 Å². The number of ether oxygens (including phenoxy) is 1. The lowest BCUT2D eigenvalue weighted by Gasteiger charge is -2.17. The summed E-state index contributed by atoms with van der Waals surface area (Å²) in [5.41, 5.74) is 4.76. The van der Waals surface area contributed by atoms with Crippen LogP contribution in [0.1, 0.15) is 55.6 Å². The lowest BCUT2D eigenvalue weighted by atomic mass is 9.98. The monoisotopic (exact) mass is 450 g/mol. The molecule has 2 unspecified atom stereocenters. The van der Waals surface area contributed by atoms with Gasteiger partial charge in [-0.05, 0) is 53.9 Å². The molecule has 7 nitrogen and oxygen atoms in total. The Labute approximate surface area is 193 Å². The van der Waals surface area contributed by atoms with Gasteiger partial charge in [-0.15, -0.1) is 0 Å². The van der Waals surface area contributed by atoms with E-state index in [0.29, 0.717) is 19.4 Å². The molecule has 0 spiro atoms. The van der Waals surface area contributed by atoms with E-state index >= 15 is 0 Å². The molecule has 0 heterocycles. The van der Waals surface area contributed by atoms with E-state index in [1.54, 1.807) is 0 Å². The fourth-order valence-corrected chi connectivity index (χ4v) is 5.00. The average Bonchev–Trinajstić information content (AvgIpc) is 3.37. The van der Waals surface area contributed by atoms with Crippen LogP contribution in [-0.4, -0.2) is 42.3 Å². The number of rotatable bonds is 9.